The molecule has 0 amide bonds. The molecule has 2 rings (SSSR count). The SMILES string of the molecule is Cc1ccc(C#N)c(N2CCCCC(CO)C2)n1. The van der Waals surface area contributed by atoms with Crippen LogP contribution in [0.3, 0.4) is 0 Å². The molecule has 4 nitrogen and oxygen atoms in total. The van der Waals surface area contributed by atoms with Gasteiger partial charge in [-0.05, 0) is 37.8 Å². The fraction of sp³-hybridized carbons (Fsp3) is 0.571. The summed E-state index contributed by atoms with van der Waals surface area (Å²) in [6, 6.07) is 5.90. The zero-order chi connectivity index (χ0) is 13.0. The van der Waals surface area contributed by atoms with Gasteiger partial charge in [0.15, 0.2) is 0 Å². The lowest BCUT2D eigenvalue weighted by atomic mass is 10.0. The van der Waals surface area contributed by atoms with E-state index in [0.717, 1.165) is 43.9 Å². The predicted octanol–water partition coefficient (Wildman–Crippen LogP) is 1.86. The van der Waals surface area contributed by atoms with Crippen molar-refractivity contribution in [3.8, 4) is 6.07 Å². The Morgan fingerprint density at radius 1 is 1.50 bits per heavy atom. The Balaban J connectivity index is 2.29. The van der Waals surface area contributed by atoms with E-state index < -0.39 is 0 Å². The predicted molar refractivity (Wildman–Crippen MR) is 70.3 cm³/mol. The third kappa shape index (κ3) is 2.80. The summed E-state index contributed by atoms with van der Waals surface area (Å²) >= 11 is 0. The maximum atomic E-state index is 9.35. The van der Waals surface area contributed by atoms with Crippen molar-refractivity contribution in [3.05, 3.63) is 23.4 Å². The molecule has 1 fully saturated rings. The Morgan fingerprint density at radius 2 is 2.33 bits per heavy atom. The summed E-state index contributed by atoms with van der Waals surface area (Å²) in [5.41, 5.74) is 1.55. The molecule has 1 unspecified atom stereocenters. The summed E-state index contributed by atoms with van der Waals surface area (Å²) in [4.78, 5) is 6.65. The zero-order valence-corrected chi connectivity index (χ0v) is 10.8. The second-order valence-electron chi connectivity index (χ2n) is 4.93. The van der Waals surface area contributed by atoms with Gasteiger partial charge in [-0.25, -0.2) is 4.98 Å². The molecule has 96 valence electrons. The maximum Gasteiger partial charge on any atom is 0.146 e. The van der Waals surface area contributed by atoms with Crippen molar-refractivity contribution in [1.29, 1.82) is 5.26 Å². The first-order valence-corrected chi connectivity index (χ1v) is 6.48. The molecule has 0 aliphatic carbocycles. The number of aliphatic hydroxyl groups is 1. The molecular formula is C14H19N3O. The third-order valence-corrected chi connectivity index (χ3v) is 3.46. The van der Waals surface area contributed by atoms with Crippen molar-refractivity contribution in [3.63, 3.8) is 0 Å². The molecule has 1 atom stereocenters. The molecule has 18 heavy (non-hydrogen) atoms. The Morgan fingerprint density at radius 3 is 3.06 bits per heavy atom. The van der Waals surface area contributed by atoms with Crippen LogP contribution in [-0.2, 0) is 0 Å². The first kappa shape index (κ1) is 12.8. The second kappa shape index (κ2) is 5.83. The van der Waals surface area contributed by atoms with Crippen LogP contribution in [-0.4, -0.2) is 29.8 Å². The Labute approximate surface area is 108 Å². The topological polar surface area (TPSA) is 60.2 Å². The van der Waals surface area contributed by atoms with E-state index in [9.17, 15) is 5.11 Å². The van der Waals surface area contributed by atoms with Crippen molar-refractivity contribution in [2.24, 2.45) is 5.92 Å². The average molecular weight is 245 g/mol. The van der Waals surface area contributed by atoms with Gasteiger partial charge in [0.2, 0.25) is 0 Å². The van der Waals surface area contributed by atoms with E-state index in [-0.39, 0.29) is 6.61 Å². The lowest BCUT2D eigenvalue weighted by Crippen LogP contribution is -2.31. The fourth-order valence-corrected chi connectivity index (χ4v) is 2.44. The Kier molecular flexibility index (Phi) is 4.16. The summed E-state index contributed by atoms with van der Waals surface area (Å²) < 4.78 is 0. The van der Waals surface area contributed by atoms with E-state index in [2.05, 4.69) is 16.0 Å². The van der Waals surface area contributed by atoms with Gasteiger partial charge in [-0.15, -0.1) is 0 Å². The summed E-state index contributed by atoms with van der Waals surface area (Å²) in [5, 5.41) is 18.5. The molecule has 4 heteroatoms. The van der Waals surface area contributed by atoms with Crippen LogP contribution in [0.25, 0.3) is 0 Å². The van der Waals surface area contributed by atoms with Crippen LogP contribution in [0.5, 0.6) is 0 Å². The zero-order valence-electron chi connectivity index (χ0n) is 10.8. The van der Waals surface area contributed by atoms with Crippen LogP contribution in [0, 0.1) is 24.2 Å². The summed E-state index contributed by atoms with van der Waals surface area (Å²) in [7, 11) is 0. The van der Waals surface area contributed by atoms with Gasteiger partial charge in [0.05, 0.1) is 5.56 Å². The number of aryl methyl sites for hydroxylation is 1. The number of hydrogen-bond donors (Lipinski definition) is 1. The van der Waals surface area contributed by atoms with Crippen LogP contribution in [0.2, 0.25) is 0 Å². The molecule has 1 aromatic heterocycles. The molecule has 1 saturated heterocycles. The van der Waals surface area contributed by atoms with Gasteiger partial charge in [-0.3, -0.25) is 0 Å². The minimum Gasteiger partial charge on any atom is -0.396 e. The van der Waals surface area contributed by atoms with Crippen molar-refractivity contribution in [2.75, 3.05) is 24.6 Å². The molecule has 0 radical (unpaired) electrons. The largest absolute Gasteiger partial charge is 0.396 e. The number of nitriles is 1. The molecule has 2 heterocycles. The van der Waals surface area contributed by atoms with E-state index in [0.29, 0.717) is 11.5 Å². The van der Waals surface area contributed by atoms with E-state index >= 15 is 0 Å². The molecule has 0 saturated carbocycles. The van der Waals surface area contributed by atoms with E-state index in [4.69, 9.17) is 5.26 Å². The molecule has 1 aliphatic rings. The first-order valence-electron chi connectivity index (χ1n) is 6.48. The van der Waals surface area contributed by atoms with Gasteiger partial charge < -0.3 is 10.0 Å². The molecule has 1 aliphatic heterocycles. The van der Waals surface area contributed by atoms with Gasteiger partial charge in [0.25, 0.3) is 0 Å². The normalized spacial score (nSPS) is 20.3. The van der Waals surface area contributed by atoms with Crippen LogP contribution in [0.1, 0.15) is 30.5 Å². The van der Waals surface area contributed by atoms with Gasteiger partial charge in [0.1, 0.15) is 11.9 Å². The highest BCUT2D eigenvalue weighted by Crippen LogP contribution is 2.24. The van der Waals surface area contributed by atoms with Crippen LogP contribution < -0.4 is 4.90 Å². The van der Waals surface area contributed by atoms with Crippen molar-refractivity contribution < 1.29 is 5.11 Å². The Bertz CT molecular complexity index is 453. The molecule has 0 bridgehead atoms. The monoisotopic (exact) mass is 245 g/mol. The maximum absolute atomic E-state index is 9.35. The smallest absolute Gasteiger partial charge is 0.146 e. The number of aliphatic hydroxyl groups excluding tert-OH is 1. The van der Waals surface area contributed by atoms with Crippen LogP contribution >= 0.6 is 0 Å². The number of rotatable bonds is 2. The fourth-order valence-electron chi connectivity index (χ4n) is 2.44. The van der Waals surface area contributed by atoms with Crippen molar-refractivity contribution >= 4 is 5.82 Å². The number of aromatic nitrogens is 1. The van der Waals surface area contributed by atoms with Crippen molar-refractivity contribution in [1.82, 2.24) is 4.98 Å². The van der Waals surface area contributed by atoms with E-state index in [1.807, 2.05) is 19.1 Å². The van der Waals surface area contributed by atoms with Crippen molar-refractivity contribution in [2.45, 2.75) is 26.2 Å². The minimum absolute atomic E-state index is 0.213. The van der Waals surface area contributed by atoms with Crippen LogP contribution in [0.15, 0.2) is 12.1 Å². The quantitative estimate of drug-likeness (QED) is 0.864. The second-order valence-corrected chi connectivity index (χ2v) is 4.93. The standard InChI is InChI=1S/C14H19N3O/c1-11-5-6-13(8-15)14(16-11)17-7-3-2-4-12(9-17)10-18/h5-6,12,18H,2-4,7,9-10H2,1H3. The third-order valence-electron chi connectivity index (χ3n) is 3.46. The van der Waals surface area contributed by atoms with E-state index in [1.54, 1.807) is 0 Å². The molecule has 0 spiro atoms. The minimum atomic E-state index is 0.213. The highest BCUT2D eigenvalue weighted by Gasteiger charge is 2.20. The molecule has 1 aromatic rings. The molecular weight excluding hydrogens is 226 g/mol. The van der Waals surface area contributed by atoms with Gasteiger partial charge in [-0.2, -0.15) is 5.26 Å². The van der Waals surface area contributed by atoms with Crippen LogP contribution in [0.4, 0.5) is 5.82 Å². The lowest BCUT2D eigenvalue weighted by molar-refractivity contribution is 0.223. The highest BCUT2D eigenvalue weighted by atomic mass is 16.3. The van der Waals surface area contributed by atoms with Gasteiger partial charge in [-0.1, -0.05) is 6.42 Å². The number of hydrogen-bond acceptors (Lipinski definition) is 4. The number of anilines is 1. The van der Waals surface area contributed by atoms with E-state index in [1.165, 1.54) is 0 Å². The number of pyridine rings is 1. The first-order chi connectivity index (χ1) is 8.74. The molecule has 0 aromatic carbocycles. The lowest BCUT2D eigenvalue weighted by Gasteiger charge is -2.25. The van der Waals surface area contributed by atoms with Gasteiger partial charge in [0, 0.05) is 25.4 Å². The summed E-state index contributed by atoms with van der Waals surface area (Å²) in [6.07, 6.45) is 3.28. The molecule has 1 N–H and O–H groups in total. The van der Waals surface area contributed by atoms with Gasteiger partial charge >= 0.3 is 0 Å². The summed E-state index contributed by atoms with van der Waals surface area (Å²) in [6.45, 7) is 3.86. The summed E-state index contributed by atoms with van der Waals surface area (Å²) in [5.74, 6) is 1.07. The number of nitrogens with zero attached hydrogens (tertiary/aromatic N) is 3. The highest BCUT2D eigenvalue weighted by molar-refractivity contribution is 5.54. The average Bonchev–Trinajstić information content (AvgIpc) is 2.64. The Hall–Kier alpha value is -1.60.